The third-order valence-corrected chi connectivity index (χ3v) is 5.02. The molecule has 1 amide bonds. The molecule has 1 aliphatic carbocycles. The Kier molecular flexibility index (Phi) is 4.67. The first-order valence-electron chi connectivity index (χ1n) is 7.05. The van der Waals surface area contributed by atoms with Crippen LogP contribution in [0.2, 0.25) is 0 Å². The molecule has 0 heterocycles. The molecule has 19 heavy (non-hydrogen) atoms. The maximum absolute atomic E-state index is 12.2. The van der Waals surface area contributed by atoms with Gasteiger partial charge in [0, 0.05) is 16.6 Å². The van der Waals surface area contributed by atoms with E-state index >= 15 is 0 Å². The van der Waals surface area contributed by atoms with Crippen LogP contribution in [0.5, 0.6) is 0 Å². The fourth-order valence-electron chi connectivity index (χ4n) is 2.71. The maximum Gasteiger partial charge on any atom is 0.251 e. The summed E-state index contributed by atoms with van der Waals surface area (Å²) in [6.07, 6.45) is 6.38. The molecule has 1 aliphatic rings. The summed E-state index contributed by atoms with van der Waals surface area (Å²) in [7, 11) is 0. The molecule has 104 valence electrons. The number of nitrogens with one attached hydrogen (secondary N) is 1. The van der Waals surface area contributed by atoms with Gasteiger partial charge in [-0.25, -0.2) is 0 Å². The third-order valence-electron chi connectivity index (χ3n) is 4.17. The summed E-state index contributed by atoms with van der Waals surface area (Å²) >= 11 is 3.47. The number of carbonyl (C=O) groups is 1. The molecule has 1 aromatic carbocycles. The van der Waals surface area contributed by atoms with Gasteiger partial charge in [0.25, 0.3) is 5.91 Å². The monoisotopic (exact) mass is 323 g/mol. The van der Waals surface area contributed by atoms with Crippen LogP contribution >= 0.6 is 15.9 Å². The van der Waals surface area contributed by atoms with Gasteiger partial charge in [0.2, 0.25) is 0 Å². The van der Waals surface area contributed by atoms with E-state index in [2.05, 4.69) is 28.2 Å². The zero-order valence-electron chi connectivity index (χ0n) is 11.8. The number of aryl methyl sites for hydroxylation is 1. The van der Waals surface area contributed by atoms with E-state index in [1.165, 1.54) is 32.1 Å². The number of hydrogen-bond donors (Lipinski definition) is 1. The second-order valence-electron chi connectivity index (χ2n) is 6.02. The van der Waals surface area contributed by atoms with Crippen molar-refractivity contribution in [3.05, 3.63) is 33.8 Å². The standard InChI is InChI=1S/C16H22BrNO/c1-12-6-7-13(10-14(12)17)15(19)18-11-16(2)8-4-3-5-9-16/h6-7,10H,3-5,8-9,11H2,1-2H3,(H,18,19). The van der Waals surface area contributed by atoms with E-state index in [0.717, 1.165) is 22.1 Å². The Morgan fingerprint density at radius 1 is 1.32 bits per heavy atom. The molecule has 0 radical (unpaired) electrons. The number of halogens is 1. The molecule has 0 aromatic heterocycles. The maximum atomic E-state index is 12.2. The van der Waals surface area contributed by atoms with Gasteiger partial charge in [-0.1, -0.05) is 48.2 Å². The van der Waals surface area contributed by atoms with Gasteiger partial charge in [-0.15, -0.1) is 0 Å². The molecule has 1 fully saturated rings. The van der Waals surface area contributed by atoms with E-state index in [1.54, 1.807) is 0 Å². The molecule has 0 saturated heterocycles. The van der Waals surface area contributed by atoms with Gasteiger partial charge in [-0.2, -0.15) is 0 Å². The van der Waals surface area contributed by atoms with Crippen molar-refractivity contribution in [3.8, 4) is 0 Å². The second-order valence-corrected chi connectivity index (χ2v) is 6.87. The molecule has 2 rings (SSSR count). The van der Waals surface area contributed by atoms with Crippen molar-refractivity contribution in [1.82, 2.24) is 5.32 Å². The lowest BCUT2D eigenvalue weighted by molar-refractivity contribution is 0.0919. The summed E-state index contributed by atoms with van der Waals surface area (Å²) in [6, 6.07) is 5.76. The summed E-state index contributed by atoms with van der Waals surface area (Å²) < 4.78 is 0.990. The first-order chi connectivity index (χ1) is 9.00. The highest BCUT2D eigenvalue weighted by Gasteiger charge is 2.27. The molecule has 3 heteroatoms. The Morgan fingerprint density at radius 3 is 2.63 bits per heavy atom. The molecule has 2 nitrogen and oxygen atoms in total. The minimum Gasteiger partial charge on any atom is -0.351 e. The van der Waals surface area contributed by atoms with Crippen molar-refractivity contribution in [1.29, 1.82) is 0 Å². The van der Waals surface area contributed by atoms with Crippen molar-refractivity contribution in [2.24, 2.45) is 5.41 Å². The van der Waals surface area contributed by atoms with Crippen LogP contribution in [0.1, 0.15) is 54.9 Å². The number of benzene rings is 1. The zero-order chi connectivity index (χ0) is 13.9. The van der Waals surface area contributed by atoms with E-state index in [9.17, 15) is 4.79 Å². The first kappa shape index (κ1) is 14.6. The molecule has 0 bridgehead atoms. The van der Waals surface area contributed by atoms with Crippen LogP contribution in [0.15, 0.2) is 22.7 Å². The average Bonchev–Trinajstić information content (AvgIpc) is 2.40. The highest BCUT2D eigenvalue weighted by Crippen LogP contribution is 2.35. The predicted octanol–water partition coefficient (Wildman–Crippen LogP) is 4.46. The minimum absolute atomic E-state index is 0.0347. The average molecular weight is 324 g/mol. The van der Waals surface area contributed by atoms with Crippen LogP contribution in [0.3, 0.4) is 0 Å². The van der Waals surface area contributed by atoms with Gasteiger partial charge in [0.05, 0.1) is 0 Å². The number of carbonyl (C=O) groups excluding carboxylic acids is 1. The van der Waals surface area contributed by atoms with Crippen LogP contribution in [0.4, 0.5) is 0 Å². The van der Waals surface area contributed by atoms with Crippen LogP contribution < -0.4 is 5.32 Å². The van der Waals surface area contributed by atoms with Crippen LogP contribution in [-0.2, 0) is 0 Å². The van der Waals surface area contributed by atoms with Crippen LogP contribution in [-0.4, -0.2) is 12.5 Å². The summed E-state index contributed by atoms with van der Waals surface area (Å²) in [4.78, 5) is 12.2. The van der Waals surface area contributed by atoms with Crippen LogP contribution in [0, 0.1) is 12.3 Å². The molecule has 1 N–H and O–H groups in total. The van der Waals surface area contributed by atoms with Crippen molar-refractivity contribution in [2.75, 3.05) is 6.54 Å². The fourth-order valence-corrected chi connectivity index (χ4v) is 3.09. The minimum atomic E-state index is 0.0347. The lowest BCUT2D eigenvalue weighted by atomic mass is 9.76. The van der Waals surface area contributed by atoms with Gasteiger partial charge in [0.1, 0.15) is 0 Å². The number of rotatable bonds is 3. The lowest BCUT2D eigenvalue weighted by Crippen LogP contribution is -2.37. The van der Waals surface area contributed by atoms with Crippen molar-refractivity contribution < 1.29 is 4.79 Å². The van der Waals surface area contributed by atoms with E-state index in [-0.39, 0.29) is 11.3 Å². The quantitative estimate of drug-likeness (QED) is 0.874. The molecular formula is C16H22BrNO. The van der Waals surface area contributed by atoms with E-state index < -0.39 is 0 Å². The molecular weight excluding hydrogens is 302 g/mol. The lowest BCUT2D eigenvalue weighted by Gasteiger charge is -2.33. The molecule has 1 saturated carbocycles. The van der Waals surface area contributed by atoms with Crippen molar-refractivity contribution in [3.63, 3.8) is 0 Å². The molecule has 0 aliphatic heterocycles. The zero-order valence-corrected chi connectivity index (χ0v) is 13.3. The van der Waals surface area contributed by atoms with E-state index in [0.29, 0.717) is 0 Å². The Morgan fingerprint density at radius 2 is 2.00 bits per heavy atom. The summed E-state index contributed by atoms with van der Waals surface area (Å²) in [6.45, 7) is 5.10. The Bertz CT molecular complexity index is 464. The number of amides is 1. The summed E-state index contributed by atoms with van der Waals surface area (Å²) in [5.74, 6) is 0.0347. The highest BCUT2D eigenvalue weighted by atomic mass is 79.9. The van der Waals surface area contributed by atoms with E-state index in [1.807, 2.05) is 25.1 Å². The Labute approximate surface area is 124 Å². The van der Waals surface area contributed by atoms with Crippen molar-refractivity contribution in [2.45, 2.75) is 46.0 Å². The van der Waals surface area contributed by atoms with Gasteiger partial charge in [-0.05, 0) is 42.9 Å². The largest absolute Gasteiger partial charge is 0.351 e. The Balaban J connectivity index is 1.95. The third kappa shape index (κ3) is 3.82. The highest BCUT2D eigenvalue weighted by molar-refractivity contribution is 9.10. The van der Waals surface area contributed by atoms with Gasteiger partial charge in [-0.3, -0.25) is 4.79 Å². The second kappa shape index (κ2) is 6.08. The van der Waals surface area contributed by atoms with E-state index in [4.69, 9.17) is 0 Å². The Hall–Kier alpha value is -0.830. The first-order valence-corrected chi connectivity index (χ1v) is 7.84. The molecule has 0 spiro atoms. The normalized spacial score (nSPS) is 18.1. The predicted molar refractivity (Wildman–Crippen MR) is 82.4 cm³/mol. The van der Waals surface area contributed by atoms with Crippen LogP contribution in [0.25, 0.3) is 0 Å². The summed E-state index contributed by atoms with van der Waals surface area (Å²) in [5, 5.41) is 3.10. The van der Waals surface area contributed by atoms with Crippen molar-refractivity contribution >= 4 is 21.8 Å². The van der Waals surface area contributed by atoms with Gasteiger partial charge in [0.15, 0.2) is 0 Å². The number of hydrogen-bond acceptors (Lipinski definition) is 1. The molecule has 0 unspecified atom stereocenters. The molecule has 1 aromatic rings. The summed E-state index contributed by atoms with van der Waals surface area (Å²) in [5.41, 5.74) is 2.17. The fraction of sp³-hybridized carbons (Fsp3) is 0.562. The topological polar surface area (TPSA) is 29.1 Å². The van der Waals surface area contributed by atoms with Gasteiger partial charge < -0.3 is 5.32 Å². The SMILES string of the molecule is Cc1ccc(C(=O)NCC2(C)CCCCC2)cc1Br. The molecule has 0 atom stereocenters. The van der Waals surface area contributed by atoms with Gasteiger partial charge >= 0.3 is 0 Å². The smallest absolute Gasteiger partial charge is 0.251 e.